The molecule has 21 heavy (non-hydrogen) atoms. The molecule has 0 radical (unpaired) electrons. The molecule has 0 amide bonds. The number of nitrogens with two attached hydrogens (primary N) is 1. The van der Waals surface area contributed by atoms with E-state index in [1.165, 1.54) is 4.68 Å². The van der Waals surface area contributed by atoms with Crippen LogP contribution in [0.3, 0.4) is 0 Å². The number of aryl methyl sites for hydroxylation is 1. The van der Waals surface area contributed by atoms with Crippen LogP contribution in [0.2, 0.25) is 0 Å². The van der Waals surface area contributed by atoms with Crippen molar-refractivity contribution in [3.8, 4) is 11.4 Å². The summed E-state index contributed by atoms with van der Waals surface area (Å²) in [6.07, 6.45) is -3.79. The van der Waals surface area contributed by atoms with Gasteiger partial charge >= 0.3 is 6.18 Å². The number of rotatable bonds is 2. The molecule has 0 fully saturated rings. The molecular formula is C14H15F3N4. The number of benzene rings is 1. The normalized spacial score (nSPS) is 18.6. The summed E-state index contributed by atoms with van der Waals surface area (Å²) >= 11 is 0. The third-order valence-corrected chi connectivity index (χ3v) is 3.77. The van der Waals surface area contributed by atoms with Crippen molar-refractivity contribution in [3.05, 3.63) is 35.7 Å². The largest absolute Gasteiger partial charge is 0.393 e. The standard InChI is InChI=1S/C14H15F3N4/c15-14(16,17)11-5-6-12-19-13(20-21(12)8-11)10-3-1-9(7-18)2-4-10/h1-4,11H,5-8,18H2. The Bertz CT molecular complexity index is 631. The van der Waals surface area contributed by atoms with Crippen molar-refractivity contribution in [2.24, 2.45) is 11.7 Å². The number of fused-ring (bicyclic) bond motifs is 1. The molecule has 4 nitrogen and oxygen atoms in total. The average molecular weight is 296 g/mol. The zero-order valence-electron chi connectivity index (χ0n) is 11.3. The first-order chi connectivity index (χ1) is 9.97. The molecule has 1 aromatic heterocycles. The summed E-state index contributed by atoms with van der Waals surface area (Å²) < 4.78 is 39.7. The van der Waals surface area contributed by atoms with Crippen molar-refractivity contribution < 1.29 is 13.2 Å². The Hall–Kier alpha value is -1.89. The van der Waals surface area contributed by atoms with Gasteiger partial charge in [-0.3, -0.25) is 0 Å². The first-order valence-electron chi connectivity index (χ1n) is 6.77. The minimum absolute atomic E-state index is 0.0771. The number of aromatic nitrogens is 3. The van der Waals surface area contributed by atoms with Crippen molar-refractivity contribution >= 4 is 0 Å². The monoisotopic (exact) mass is 296 g/mol. The predicted molar refractivity (Wildman–Crippen MR) is 71.2 cm³/mol. The van der Waals surface area contributed by atoms with Crippen molar-refractivity contribution in [1.82, 2.24) is 14.8 Å². The van der Waals surface area contributed by atoms with Gasteiger partial charge in [-0.25, -0.2) is 9.67 Å². The molecule has 1 aliphatic heterocycles. The zero-order chi connectivity index (χ0) is 15.0. The maximum absolute atomic E-state index is 12.8. The zero-order valence-corrected chi connectivity index (χ0v) is 11.3. The van der Waals surface area contributed by atoms with Gasteiger partial charge in [0, 0.05) is 18.5 Å². The minimum Gasteiger partial charge on any atom is -0.326 e. The Labute approximate surface area is 119 Å². The van der Waals surface area contributed by atoms with Crippen LogP contribution in [0.4, 0.5) is 13.2 Å². The molecule has 1 aliphatic rings. The van der Waals surface area contributed by atoms with Gasteiger partial charge in [-0.2, -0.15) is 18.3 Å². The molecule has 112 valence electrons. The lowest BCUT2D eigenvalue weighted by molar-refractivity contribution is -0.182. The molecule has 1 unspecified atom stereocenters. The van der Waals surface area contributed by atoms with E-state index in [1.807, 2.05) is 24.3 Å². The van der Waals surface area contributed by atoms with Gasteiger partial charge in [-0.15, -0.1) is 0 Å². The second-order valence-corrected chi connectivity index (χ2v) is 5.21. The Balaban J connectivity index is 1.86. The molecule has 2 N–H and O–H groups in total. The fourth-order valence-corrected chi connectivity index (χ4v) is 2.49. The predicted octanol–water partition coefficient (Wildman–Crippen LogP) is 2.53. The van der Waals surface area contributed by atoms with Crippen LogP contribution >= 0.6 is 0 Å². The molecule has 3 rings (SSSR count). The molecule has 0 saturated carbocycles. The summed E-state index contributed by atoms with van der Waals surface area (Å²) in [4.78, 5) is 4.35. The van der Waals surface area contributed by atoms with E-state index in [-0.39, 0.29) is 13.0 Å². The summed E-state index contributed by atoms with van der Waals surface area (Å²) in [6.45, 7) is 0.299. The maximum Gasteiger partial charge on any atom is 0.393 e. The van der Waals surface area contributed by atoms with Crippen molar-refractivity contribution in [2.45, 2.75) is 32.1 Å². The van der Waals surface area contributed by atoms with Gasteiger partial charge in [0.25, 0.3) is 0 Å². The molecule has 0 saturated heterocycles. The van der Waals surface area contributed by atoms with Crippen LogP contribution in [0, 0.1) is 5.92 Å². The Morgan fingerprint density at radius 3 is 2.57 bits per heavy atom. The van der Waals surface area contributed by atoms with Crippen molar-refractivity contribution in [1.29, 1.82) is 0 Å². The topological polar surface area (TPSA) is 56.7 Å². The average Bonchev–Trinajstić information content (AvgIpc) is 2.89. The van der Waals surface area contributed by atoms with Gasteiger partial charge in [-0.1, -0.05) is 24.3 Å². The van der Waals surface area contributed by atoms with Crippen molar-refractivity contribution in [2.75, 3.05) is 0 Å². The molecular weight excluding hydrogens is 281 g/mol. The van der Waals surface area contributed by atoms with Gasteiger partial charge in [0.2, 0.25) is 0 Å². The van der Waals surface area contributed by atoms with Crippen LogP contribution in [-0.4, -0.2) is 20.9 Å². The summed E-state index contributed by atoms with van der Waals surface area (Å²) in [5.74, 6) is -0.246. The Morgan fingerprint density at radius 2 is 1.95 bits per heavy atom. The third kappa shape index (κ3) is 2.78. The van der Waals surface area contributed by atoms with Gasteiger partial charge in [0.05, 0.1) is 12.5 Å². The SMILES string of the molecule is NCc1ccc(-c2nc3n(n2)CC(C(F)(F)F)CC3)cc1. The second-order valence-electron chi connectivity index (χ2n) is 5.21. The van der Waals surface area contributed by atoms with Crippen molar-refractivity contribution in [3.63, 3.8) is 0 Å². The quantitative estimate of drug-likeness (QED) is 0.926. The number of hydrogen-bond donors (Lipinski definition) is 1. The molecule has 0 bridgehead atoms. The molecule has 2 heterocycles. The highest BCUT2D eigenvalue weighted by molar-refractivity contribution is 5.55. The fourth-order valence-electron chi connectivity index (χ4n) is 2.49. The first kappa shape index (κ1) is 14.1. The second kappa shape index (κ2) is 5.14. The van der Waals surface area contributed by atoms with Crippen LogP contribution in [0.15, 0.2) is 24.3 Å². The summed E-state index contributed by atoms with van der Waals surface area (Å²) in [7, 11) is 0. The lowest BCUT2D eigenvalue weighted by atomic mass is 9.99. The third-order valence-electron chi connectivity index (χ3n) is 3.77. The molecule has 0 aliphatic carbocycles. The number of hydrogen-bond acceptors (Lipinski definition) is 3. The summed E-state index contributed by atoms with van der Waals surface area (Å²) in [5, 5.41) is 4.21. The van der Waals surface area contributed by atoms with Crippen LogP contribution in [0.25, 0.3) is 11.4 Å². The van der Waals surface area contributed by atoms with E-state index in [4.69, 9.17) is 5.73 Å². The van der Waals surface area contributed by atoms with E-state index in [0.29, 0.717) is 24.6 Å². The molecule has 2 aromatic rings. The highest BCUT2D eigenvalue weighted by atomic mass is 19.4. The summed E-state index contributed by atoms with van der Waals surface area (Å²) in [6, 6.07) is 7.41. The smallest absolute Gasteiger partial charge is 0.326 e. The first-order valence-corrected chi connectivity index (χ1v) is 6.77. The maximum atomic E-state index is 12.8. The van der Waals surface area contributed by atoms with Gasteiger partial charge < -0.3 is 5.73 Å². The van der Waals surface area contributed by atoms with E-state index in [2.05, 4.69) is 10.1 Å². The number of alkyl halides is 3. The van der Waals surface area contributed by atoms with E-state index in [9.17, 15) is 13.2 Å². The number of nitrogens with zero attached hydrogens (tertiary/aromatic N) is 3. The Kier molecular flexibility index (Phi) is 3.44. The highest BCUT2D eigenvalue weighted by Crippen LogP contribution is 2.34. The summed E-state index contributed by atoms with van der Waals surface area (Å²) in [5.41, 5.74) is 7.31. The molecule has 0 spiro atoms. The van der Waals surface area contributed by atoms with Crippen LogP contribution < -0.4 is 5.73 Å². The minimum atomic E-state index is -4.17. The lowest BCUT2D eigenvalue weighted by Gasteiger charge is -2.24. The van der Waals surface area contributed by atoms with E-state index < -0.39 is 12.1 Å². The van der Waals surface area contributed by atoms with E-state index >= 15 is 0 Å². The van der Waals surface area contributed by atoms with Gasteiger partial charge in [0.1, 0.15) is 5.82 Å². The fraction of sp³-hybridized carbons (Fsp3) is 0.429. The van der Waals surface area contributed by atoms with E-state index in [1.54, 1.807) is 0 Å². The van der Waals surface area contributed by atoms with E-state index in [0.717, 1.165) is 11.1 Å². The van der Waals surface area contributed by atoms with Gasteiger partial charge in [-0.05, 0) is 12.0 Å². The number of halogens is 3. The highest BCUT2D eigenvalue weighted by Gasteiger charge is 2.42. The molecule has 7 heteroatoms. The van der Waals surface area contributed by atoms with Crippen LogP contribution in [0.1, 0.15) is 17.8 Å². The lowest BCUT2D eigenvalue weighted by Crippen LogP contribution is -2.32. The molecule has 1 aromatic carbocycles. The Morgan fingerprint density at radius 1 is 1.24 bits per heavy atom. The molecule has 1 atom stereocenters. The van der Waals surface area contributed by atoms with Crippen LogP contribution in [-0.2, 0) is 19.5 Å². The van der Waals surface area contributed by atoms with Crippen LogP contribution in [0.5, 0.6) is 0 Å². The van der Waals surface area contributed by atoms with Gasteiger partial charge in [0.15, 0.2) is 5.82 Å².